The highest BCUT2D eigenvalue weighted by Gasteiger charge is 2.35. The monoisotopic (exact) mass is 465 g/mol. The first-order valence-corrected chi connectivity index (χ1v) is 12.2. The number of hydrogen-bond acceptors (Lipinski definition) is 4. The Balaban J connectivity index is 1.38. The van der Waals surface area contributed by atoms with Crippen molar-refractivity contribution in [3.8, 4) is 0 Å². The minimum absolute atomic E-state index is 0.00904. The highest BCUT2D eigenvalue weighted by molar-refractivity contribution is 7.89. The van der Waals surface area contributed by atoms with Gasteiger partial charge in [-0.2, -0.15) is 4.31 Å². The maximum Gasteiger partial charge on any atom is 0.243 e. The van der Waals surface area contributed by atoms with Crippen molar-refractivity contribution < 1.29 is 17.6 Å². The first-order chi connectivity index (χ1) is 14.8. The van der Waals surface area contributed by atoms with E-state index in [1.54, 1.807) is 24.3 Å². The van der Waals surface area contributed by atoms with Crippen LogP contribution in [0.2, 0.25) is 5.02 Å². The molecule has 0 bridgehead atoms. The average molecular weight is 466 g/mol. The Morgan fingerprint density at radius 3 is 2.23 bits per heavy atom. The van der Waals surface area contributed by atoms with Gasteiger partial charge < -0.3 is 9.80 Å². The molecule has 0 saturated carbocycles. The second kappa shape index (κ2) is 9.14. The van der Waals surface area contributed by atoms with Gasteiger partial charge in [-0.25, -0.2) is 12.8 Å². The first kappa shape index (κ1) is 22.0. The van der Waals surface area contributed by atoms with E-state index in [0.29, 0.717) is 50.6 Å². The number of carbonyl (C=O) groups excluding carboxylic acids is 1. The fraction of sp³-hybridized carbons (Fsp3) is 0.409. The maximum absolute atomic E-state index is 13.1. The molecule has 0 spiro atoms. The van der Waals surface area contributed by atoms with Crippen molar-refractivity contribution in [1.82, 2.24) is 9.21 Å². The fourth-order valence-electron chi connectivity index (χ4n) is 4.21. The van der Waals surface area contributed by atoms with Crippen LogP contribution in [0.5, 0.6) is 0 Å². The first-order valence-electron chi connectivity index (χ1n) is 10.4. The molecule has 0 radical (unpaired) electrons. The summed E-state index contributed by atoms with van der Waals surface area (Å²) >= 11 is 5.88. The number of piperidine rings is 1. The number of hydrogen-bond donors (Lipinski definition) is 0. The molecule has 0 unspecified atom stereocenters. The largest absolute Gasteiger partial charge is 0.368 e. The van der Waals surface area contributed by atoms with E-state index in [0.717, 1.165) is 5.69 Å². The van der Waals surface area contributed by atoms with E-state index in [1.165, 1.54) is 28.6 Å². The quantitative estimate of drug-likeness (QED) is 0.695. The average Bonchev–Trinajstić information content (AvgIpc) is 2.80. The summed E-state index contributed by atoms with van der Waals surface area (Å²) in [6, 6.07) is 12.5. The lowest BCUT2D eigenvalue weighted by Gasteiger charge is -2.39. The van der Waals surface area contributed by atoms with Gasteiger partial charge >= 0.3 is 0 Å². The number of halogens is 2. The maximum atomic E-state index is 13.1. The Kier molecular flexibility index (Phi) is 6.50. The van der Waals surface area contributed by atoms with E-state index in [9.17, 15) is 17.6 Å². The molecule has 1 atom stereocenters. The second-order valence-electron chi connectivity index (χ2n) is 7.94. The summed E-state index contributed by atoms with van der Waals surface area (Å²) < 4.78 is 40.5. The predicted molar refractivity (Wildman–Crippen MR) is 118 cm³/mol. The van der Waals surface area contributed by atoms with E-state index in [4.69, 9.17) is 11.6 Å². The minimum Gasteiger partial charge on any atom is -0.368 e. The van der Waals surface area contributed by atoms with Gasteiger partial charge in [0.2, 0.25) is 15.9 Å². The molecule has 31 heavy (non-hydrogen) atoms. The Morgan fingerprint density at radius 2 is 1.58 bits per heavy atom. The molecule has 6 nitrogen and oxygen atoms in total. The van der Waals surface area contributed by atoms with Crippen molar-refractivity contribution in [1.29, 1.82) is 0 Å². The predicted octanol–water partition coefficient (Wildman–Crippen LogP) is 3.23. The normalized spacial score (nSPS) is 20.6. The Hall–Kier alpha value is -2.16. The van der Waals surface area contributed by atoms with Gasteiger partial charge in [-0.3, -0.25) is 4.79 Å². The van der Waals surface area contributed by atoms with Crippen molar-refractivity contribution in [2.24, 2.45) is 5.92 Å². The third-order valence-corrected chi connectivity index (χ3v) is 8.10. The van der Waals surface area contributed by atoms with Gasteiger partial charge in [0.25, 0.3) is 0 Å². The molecule has 2 saturated heterocycles. The summed E-state index contributed by atoms with van der Waals surface area (Å²) in [6.45, 7) is 3.07. The molecule has 0 N–H and O–H groups in total. The third kappa shape index (κ3) is 4.86. The van der Waals surface area contributed by atoms with Crippen LogP contribution in [-0.2, 0) is 14.8 Å². The molecular weight excluding hydrogens is 441 g/mol. The van der Waals surface area contributed by atoms with Crippen LogP contribution < -0.4 is 4.90 Å². The molecule has 2 aliphatic heterocycles. The number of rotatable bonds is 4. The highest BCUT2D eigenvalue weighted by atomic mass is 35.5. The molecular formula is C22H25ClFN3O3S. The number of carbonyl (C=O) groups is 1. The van der Waals surface area contributed by atoms with Gasteiger partial charge in [0, 0.05) is 50.0 Å². The molecule has 2 fully saturated rings. The number of anilines is 1. The molecule has 1 amide bonds. The van der Waals surface area contributed by atoms with Gasteiger partial charge in [-0.1, -0.05) is 11.6 Å². The number of sulfonamides is 1. The van der Waals surface area contributed by atoms with Gasteiger partial charge in [-0.05, 0) is 61.4 Å². The second-order valence-corrected chi connectivity index (χ2v) is 10.3. The van der Waals surface area contributed by atoms with E-state index in [1.807, 2.05) is 4.90 Å². The van der Waals surface area contributed by atoms with E-state index in [-0.39, 0.29) is 29.1 Å². The van der Waals surface area contributed by atoms with Crippen molar-refractivity contribution >= 4 is 33.2 Å². The Labute approximate surface area is 187 Å². The number of amides is 1. The van der Waals surface area contributed by atoms with Crippen LogP contribution in [0.1, 0.15) is 12.8 Å². The molecule has 2 heterocycles. The molecule has 2 aliphatic rings. The fourth-order valence-corrected chi connectivity index (χ4v) is 5.86. The number of benzene rings is 2. The van der Waals surface area contributed by atoms with Gasteiger partial charge in [0.05, 0.1) is 10.8 Å². The molecule has 0 aromatic heterocycles. The summed E-state index contributed by atoms with van der Waals surface area (Å²) in [4.78, 5) is 17.3. The third-order valence-electron chi connectivity index (χ3n) is 5.97. The van der Waals surface area contributed by atoms with E-state index in [2.05, 4.69) is 4.90 Å². The molecule has 2 aromatic carbocycles. The molecule has 4 rings (SSSR count). The Morgan fingerprint density at radius 1 is 0.935 bits per heavy atom. The minimum atomic E-state index is -3.66. The van der Waals surface area contributed by atoms with Crippen LogP contribution in [0.4, 0.5) is 10.1 Å². The van der Waals surface area contributed by atoms with Crippen LogP contribution in [0.3, 0.4) is 0 Å². The SMILES string of the molecule is O=C([C@@H]1CCCN(S(=O)(=O)c2ccc(Cl)cc2)C1)N1CCN(c2ccc(F)cc2)CC1. The summed E-state index contributed by atoms with van der Waals surface area (Å²) in [7, 11) is -3.66. The number of piperazine rings is 1. The van der Waals surface area contributed by atoms with E-state index < -0.39 is 10.0 Å². The van der Waals surface area contributed by atoms with Crippen LogP contribution in [0.25, 0.3) is 0 Å². The highest BCUT2D eigenvalue weighted by Crippen LogP contribution is 2.26. The van der Waals surface area contributed by atoms with Crippen LogP contribution in [-0.4, -0.2) is 62.8 Å². The summed E-state index contributed by atoms with van der Waals surface area (Å²) in [5.74, 6) is -0.601. The van der Waals surface area contributed by atoms with Gasteiger partial charge in [0.1, 0.15) is 5.82 Å². The van der Waals surface area contributed by atoms with Crippen molar-refractivity contribution in [2.45, 2.75) is 17.7 Å². The zero-order valence-electron chi connectivity index (χ0n) is 17.1. The Bertz CT molecular complexity index is 1020. The van der Waals surface area contributed by atoms with Crippen molar-refractivity contribution in [3.05, 3.63) is 59.4 Å². The lowest BCUT2D eigenvalue weighted by Crippen LogP contribution is -2.53. The van der Waals surface area contributed by atoms with Gasteiger partial charge in [0.15, 0.2) is 0 Å². The number of nitrogens with zero attached hydrogens (tertiary/aromatic N) is 3. The molecule has 0 aliphatic carbocycles. The lowest BCUT2D eigenvalue weighted by molar-refractivity contribution is -0.137. The zero-order valence-corrected chi connectivity index (χ0v) is 18.7. The summed E-state index contributed by atoms with van der Waals surface area (Å²) in [5, 5.41) is 0.477. The smallest absolute Gasteiger partial charge is 0.243 e. The summed E-state index contributed by atoms with van der Waals surface area (Å²) in [5.41, 5.74) is 0.936. The zero-order chi connectivity index (χ0) is 22.0. The van der Waals surface area contributed by atoms with Crippen LogP contribution >= 0.6 is 11.6 Å². The topological polar surface area (TPSA) is 60.9 Å². The van der Waals surface area contributed by atoms with Crippen molar-refractivity contribution in [3.63, 3.8) is 0 Å². The molecule has 166 valence electrons. The standard InChI is InChI=1S/C22H25ClFN3O3S/c23-18-3-9-21(10-4-18)31(29,30)27-11-1-2-17(16-27)22(28)26-14-12-25(13-15-26)20-7-5-19(24)6-8-20/h3-10,17H,1-2,11-16H2/t17-/m1/s1. The van der Waals surface area contributed by atoms with Crippen LogP contribution in [0, 0.1) is 11.7 Å². The van der Waals surface area contributed by atoms with Gasteiger partial charge in [-0.15, -0.1) is 0 Å². The van der Waals surface area contributed by atoms with Crippen LogP contribution in [0.15, 0.2) is 53.4 Å². The summed E-state index contributed by atoms with van der Waals surface area (Å²) in [6.07, 6.45) is 1.34. The molecule has 2 aromatic rings. The lowest BCUT2D eigenvalue weighted by atomic mass is 9.97. The van der Waals surface area contributed by atoms with E-state index >= 15 is 0 Å². The molecule has 9 heteroatoms. The van der Waals surface area contributed by atoms with Crippen molar-refractivity contribution in [2.75, 3.05) is 44.2 Å².